The molecule has 0 atom stereocenters. The quantitative estimate of drug-likeness (QED) is 0.823. The van der Waals surface area contributed by atoms with Crippen molar-refractivity contribution in [2.75, 3.05) is 6.54 Å². The monoisotopic (exact) mass is 229 g/mol. The number of hydrogen-bond acceptors (Lipinski definition) is 3. The average Bonchev–Trinajstić information content (AvgIpc) is 2.71. The third kappa shape index (κ3) is 1.50. The summed E-state index contributed by atoms with van der Waals surface area (Å²) in [7, 11) is 0. The van der Waals surface area contributed by atoms with Crippen LogP contribution in [0.2, 0.25) is 0 Å². The highest BCUT2D eigenvalue weighted by Crippen LogP contribution is 2.43. The highest BCUT2D eigenvalue weighted by Gasteiger charge is 2.44. The molecule has 1 heterocycles. The number of Topliss-reactive ketones (excluding diaryl/α,β-unsaturated/α-hetero) is 1. The number of furan rings is 1. The molecule has 1 fully saturated rings. The Kier molecular flexibility index (Phi) is 2.30. The number of carbonyl (C=O) groups excluding carboxylic acids is 1. The van der Waals surface area contributed by atoms with Crippen LogP contribution in [0.1, 0.15) is 29.8 Å². The van der Waals surface area contributed by atoms with E-state index in [0.29, 0.717) is 12.3 Å². The third-order valence-corrected chi connectivity index (χ3v) is 3.83. The van der Waals surface area contributed by atoms with E-state index in [1.807, 2.05) is 30.3 Å². The molecule has 0 amide bonds. The summed E-state index contributed by atoms with van der Waals surface area (Å²) in [5.41, 5.74) is 6.15. The van der Waals surface area contributed by atoms with Crippen molar-refractivity contribution < 1.29 is 9.21 Å². The van der Waals surface area contributed by atoms with Crippen LogP contribution < -0.4 is 5.73 Å². The Balaban J connectivity index is 2.01. The summed E-state index contributed by atoms with van der Waals surface area (Å²) in [6.07, 6.45) is 2.86. The Morgan fingerprint density at radius 2 is 2.12 bits per heavy atom. The lowest BCUT2D eigenvalue weighted by molar-refractivity contribution is 0.0606. The molecule has 1 saturated carbocycles. The van der Waals surface area contributed by atoms with E-state index < -0.39 is 0 Å². The average molecular weight is 229 g/mol. The lowest BCUT2D eigenvalue weighted by Crippen LogP contribution is -2.44. The zero-order valence-electron chi connectivity index (χ0n) is 9.61. The maximum absolute atomic E-state index is 12.4. The van der Waals surface area contributed by atoms with Crippen molar-refractivity contribution in [3.05, 3.63) is 36.1 Å². The van der Waals surface area contributed by atoms with Crippen molar-refractivity contribution in [1.29, 1.82) is 0 Å². The van der Waals surface area contributed by atoms with Gasteiger partial charge in [0.1, 0.15) is 5.58 Å². The fraction of sp³-hybridized carbons (Fsp3) is 0.357. The van der Waals surface area contributed by atoms with E-state index >= 15 is 0 Å². The van der Waals surface area contributed by atoms with Crippen molar-refractivity contribution in [3.63, 3.8) is 0 Å². The molecular weight excluding hydrogens is 214 g/mol. The van der Waals surface area contributed by atoms with Gasteiger partial charge in [-0.15, -0.1) is 0 Å². The van der Waals surface area contributed by atoms with Gasteiger partial charge >= 0.3 is 0 Å². The van der Waals surface area contributed by atoms with E-state index in [9.17, 15) is 4.79 Å². The molecule has 0 spiro atoms. The predicted octanol–water partition coefficient (Wildman–Crippen LogP) is 2.74. The fourth-order valence-electron chi connectivity index (χ4n) is 2.48. The number of carbonyl (C=O) groups is 1. The van der Waals surface area contributed by atoms with Gasteiger partial charge in [0.2, 0.25) is 5.78 Å². The Bertz CT molecular complexity index is 528. The maximum atomic E-state index is 12.4. The predicted molar refractivity (Wildman–Crippen MR) is 65.9 cm³/mol. The summed E-state index contributed by atoms with van der Waals surface area (Å²) < 4.78 is 5.61. The largest absolute Gasteiger partial charge is 0.453 e. The first-order valence-electron chi connectivity index (χ1n) is 5.99. The number of para-hydroxylation sites is 1. The first-order valence-corrected chi connectivity index (χ1v) is 5.99. The van der Waals surface area contributed by atoms with Gasteiger partial charge in [-0.3, -0.25) is 4.79 Å². The smallest absolute Gasteiger partial charge is 0.205 e. The molecule has 1 aromatic carbocycles. The SMILES string of the molecule is NCC1(C(=O)c2cc3ccccc3o2)CCC1. The summed E-state index contributed by atoms with van der Waals surface area (Å²) in [5, 5.41) is 0.974. The molecule has 1 aromatic heterocycles. The molecule has 0 aliphatic heterocycles. The number of benzene rings is 1. The standard InChI is InChI=1S/C14H15NO2/c15-9-14(6-3-7-14)13(16)12-8-10-4-1-2-5-11(10)17-12/h1-2,4-5,8H,3,6-7,9,15H2. The zero-order chi connectivity index (χ0) is 11.9. The zero-order valence-corrected chi connectivity index (χ0v) is 9.61. The van der Waals surface area contributed by atoms with Crippen LogP contribution in [0.3, 0.4) is 0 Å². The van der Waals surface area contributed by atoms with Crippen LogP contribution in [0.15, 0.2) is 34.7 Å². The molecule has 2 N–H and O–H groups in total. The molecule has 0 bridgehead atoms. The van der Waals surface area contributed by atoms with E-state index in [1.165, 1.54) is 0 Å². The maximum Gasteiger partial charge on any atom is 0.205 e. The molecule has 1 aliphatic carbocycles. The topological polar surface area (TPSA) is 56.2 Å². The Hall–Kier alpha value is -1.61. The van der Waals surface area contributed by atoms with Crippen molar-refractivity contribution in [1.82, 2.24) is 0 Å². The number of fused-ring (bicyclic) bond motifs is 1. The minimum Gasteiger partial charge on any atom is -0.453 e. The van der Waals surface area contributed by atoms with E-state index in [4.69, 9.17) is 10.2 Å². The van der Waals surface area contributed by atoms with Gasteiger partial charge in [-0.2, -0.15) is 0 Å². The number of ketones is 1. The van der Waals surface area contributed by atoms with Crippen molar-refractivity contribution in [2.45, 2.75) is 19.3 Å². The molecule has 17 heavy (non-hydrogen) atoms. The summed E-state index contributed by atoms with van der Waals surface area (Å²) in [6.45, 7) is 0.420. The molecule has 3 rings (SSSR count). The molecular formula is C14H15NO2. The van der Waals surface area contributed by atoms with Crippen molar-refractivity contribution >= 4 is 16.8 Å². The fourth-order valence-corrected chi connectivity index (χ4v) is 2.48. The van der Waals surface area contributed by atoms with E-state index in [-0.39, 0.29) is 11.2 Å². The summed E-state index contributed by atoms with van der Waals surface area (Å²) >= 11 is 0. The van der Waals surface area contributed by atoms with Crippen LogP contribution in [0.5, 0.6) is 0 Å². The van der Waals surface area contributed by atoms with Gasteiger partial charge in [-0.1, -0.05) is 24.6 Å². The van der Waals surface area contributed by atoms with Crippen LogP contribution in [0.4, 0.5) is 0 Å². The Morgan fingerprint density at radius 3 is 2.71 bits per heavy atom. The van der Waals surface area contributed by atoms with Gasteiger partial charge in [-0.05, 0) is 25.0 Å². The van der Waals surface area contributed by atoms with Crippen LogP contribution in [-0.4, -0.2) is 12.3 Å². The second kappa shape index (κ2) is 3.70. The van der Waals surface area contributed by atoms with Crippen molar-refractivity contribution in [2.24, 2.45) is 11.1 Å². The van der Waals surface area contributed by atoms with E-state index in [1.54, 1.807) is 0 Å². The molecule has 0 radical (unpaired) electrons. The summed E-state index contributed by atoms with van der Waals surface area (Å²) in [6, 6.07) is 9.50. The number of rotatable bonds is 3. The minimum atomic E-state index is -0.353. The molecule has 3 heteroatoms. The molecule has 3 nitrogen and oxygen atoms in total. The summed E-state index contributed by atoms with van der Waals surface area (Å²) in [4.78, 5) is 12.4. The van der Waals surface area contributed by atoms with Gasteiger partial charge in [0.25, 0.3) is 0 Å². The first kappa shape index (κ1) is 10.5. The highest BCUT2D eigenvalue weighted by atomic mass is 16.3. The molecule has 0 saturated heterocycles. The van der Waals surface area contributed by atoms with Crippen LogP contribution in [0, 0.1) is 5.41 Å². The lowest BCUT2D eigenvalue weighted by atomic mass is 9.65. The molecule has 0 unspecified atom stereocenters. The molecule has 88 valence electrons. The van der Waals surface area contributed by atoms with Crippen LogP contribution >= 0.6 is 0 Å². The minimum absolute atomic E-state index is 0.0717. The van der Waals surface area contributed by atoms with E-state index in [2.05, 4.69) is 0 Å². The molecule has 1 aliphatic rings. The second-order valence-electron chi connectivity index (χ2n) is 4.82. The van der Waals surface area contributed by atoms with E-state index in [0.717, 1.165) is 30.2 Å². The Labute approximate surface area is 99.6 Å². The van der Waals surface area contributed by atoms with Gasteiger partial charge in [0.15, 0.2) is 5.76 Å². The third-order valence-electron chi connectivity index (χ3n) is 3.83. The van der Waals surface area contributed by atoms with Gasteiger partial charge in [-0.25, -0.2) is 0 Å². The van der Waals surface area contributed by atoms with Crippen molar-refractivity contribution in [3.8, 4) is 0 Å². The first-order chi connectivity index (χ1) is 8.25. The van der Waals surface area contributed by atoms with Crippen LogP contribution in [-0.2, 0) is 0 Å². The summed E-state index contributed by atoms with van der Waals surface area (Å²) in [5.74, 6) is 0.527. The normalized spacial score (nSPS) is 17.9. The highest BCUT2D eigenvalue weighted by molar-refractivity contribution is 6.01. The number of nitrogens with two attached hydrogens (primary N) is 1. The van der Waals surface area contributed by atoms with Gasteiger partial charge < -0.3 is 10.2 Å². The van der Waals surface area contributed by atoms with Gasteiger partial charge in [0, 0.05) is 17.3 Å². The second-order valence-corrected chi connectivity index (χ2v) is 4.82. The van der Waals surface area contributed by atoms with Crippen LogP contribution in [0.25, 0.3) is 11.0 Å². The lowest BCUT2D eigenvalue weighted by Gasteiger charge is -2.38. The number of hydrogen-bond donors (Lipinski definition) is 1. The van der Waals surface area contributed by atoms with Gasteiger partial charge in [0.05, 0.1) is 0 Å². The Morgan fingerprint density at radius 1 is 1.35 bits per heavy atom. The molecule has 2 aromatic rings.